The molecule has 1 atom stereocenters. The van der Waals surface area contributed by atoms with Crippen LogP contribution < -0.4 is 15.6 Å². The maximum Gasteiger partial charge on any atom is 0.305 e. The van der Waals surface area contributed by atoms with E-state index in [-0.39, 0.29) is 16.5 Å². The van der Waals surface area contributed by atoms with Crippen molar-refractivity contribution >= 4 is 40.2 Å². The standard InChI is InChI=1S/C21H14ClF4N3O6/c22-9-1-2-13-10(3-9)21(34)29(8-27-13)6-16(31)28-14(5-17(32)33)15(30)7-35-20-18(25)11(23)4-12(24)19(20)26/h1-4,8,14H,5-7H2,(H,28,31)(H,32,33)/t14-/m0/s1. The maximum atomic E-state index is 13.7. The molecule has 1 aromatic heterocycles. The highest BCUT2D eigenvalue weighted by Gasteiger charge is 2.27. The van der Waals surface area contributed by atoms with Gasteiger partial charge in [0.15, 0.2) is 23.2 Å². The number of hydrogen-bond donors (Lipinski definition) is 2. The van der Waals surface area contributed by atoms with Gasteiger partial charge in [-0.3, -0.25) is 23.7 Å². The summed E-state index contributed by atoms with van der Waals surface area (Å²) in [7, 11) is 0. The summed E-state index contributed by atoms with van der Waals surface area (Å²) in [5, 5.41) is 11.5. The molecule has 184 valence electrons. The van der Waals surface area contributed by atoms with Crippen LogP contribution in [0.2, 0.25) is 5.02 Å². The Bertz CT molecular complexity index is 1370. The molecule has 0 bridgehead atoms. The van der Waals surface area contributed by atoms with Gasteiger partial charge < -0.3 is 15.2 Å². The number of amides is 1. The van der Waals surface area contributed by atoms with Gasteiger partial charge in [-0.05, 0) is 18.2 Å². The average Bonchev–Trinajstić information content (AvgIpc) is 2.79. The van der Waals surface area contributed by atoms with Crippen LogP contribution in [0.4, 0.5) is 17.6 Å². The lowest BCUT2D eigenvalue weighted by Gasteiger charge is -2.17. The van der Waals surface area contributed by atoms with E-state index in [0.717, 1.165) is 10.9 Å². The molecule has 3 aromatic rings. The summed E-state index contributed by atoms with van der Waals surface area (Å²) in [4.78, 5) is 52.5. The van der Waals surface area contributed by atoms with Gasteiger partial charge in [0, 0.05) is 11.1 Å². The number of halogens is 5. The number of carboxylic acids is 1. The van der Waals surface area contributed by atoms with Crippen LogP contribution in [0.3, 0.4) is 0 Å². The zero-order valence-electron chi connectivity index (χ0n) is 17.4. The molecule has 14 heteroatoms. The van der Waals surface area contributed by atoms with Gasteiger partial charge in [0.2, 0.25) is 17.5 Å². The van der Waals surface area contributed by atoms with E-state index in [1.165, 1.54) is 18.2 Å². The van der Waals surface area contributed by atoms with Gasteiger partial charge in [0.05, 0.1) is 23.7 Å². The predicted molar refractivity (Wildman–Crippen MR) is 112 cm³/mol. The van der Waals surface area contributed by atoms with Crippen molar-refractivity contribution in [2.24, 2.45) is 0 Å². The second-order valence-corrected chi connectivity index (χ2v) is 7.55. The van der Waals surface area contributed by atoms with Crippen molar-refractivity contribution in [2.45, 2.75) is 19.0 Å². The van der Waals surface area contributed by atoms with Gasteiger partial charge in [0.25, 0.3) is 5.56 Å². The number of ether oxygens (including phenoxy) is 1. The minimum atomic E-state index is -1.90. The molecular weight excluding hydrogens is 502 g/mol. The van der Waals surface area contributed by atoms with Gasteiger partial charge in [-0.15, -0.1) is 0 Å². The molecule has 0 aliphatic rings. The highest BCUT2D eigenvalue weighted by Crippen LogP contribution is 2.26. The number of carbonyl (C=O) groups excluding carboxylic acids is 2. The first-order chi connectivity index (χ1) is 16.5. The smallest absolute Gasteiger partial charge is 0.305 e. The number of ketones is 1. The van der Waals surface area contributed by atoms with E-state index in [2.05, 4.69) is 15.0 Å². The molecule has 0 aliphatic carbocycles. The first kappa shape index (κ1) is 25.6. The van der Waals surface area contributed by atoms with Crippen molar-refractivity contribution < 1.29 is 41.8 Å². The highest BCUT2D eigenvalue weighted by molar-refractivity contribution is 6.31. The number of fused-ring (bicyclic) bond motifs is 1. The third kappa shape index (κ3) is 5.93. The largest absolute Gasteiger partial charge is 0.481 e. The zero-order valence-corrected chi connectivity index (χ0v) is 18.1. The average molecular weight is 516 g/mol. The van der Waals surface area contributed by atoms with Crippen LogP contribution >= 0.6 is 11.6 Å². The van der Waals surface area contributed by atoms with Gasteiger partial charge in [0.1, 0.15) is 19.2 Å². The number of aliphatic carboxylic acids is 1. The minimum absolute atomic E-state index is 0.0651. The lowest BCUT2D eigenvalue weighted by atomic mass is 10.1. The summed E-state index contributed by atoms with van der Waals surface area (Å²) < 4.78 is 59.4. The van der Waals surface area contributed by atoms with E-state index in [0.29, 0.717) is 5.52 Å². The summed E-state index contributed by atoms with van der Waals surface area (Å²) in [6.07, 6.45) is 0.0935. The molecule has 9 nitrogen and oxygen atoms in total. The molecule has 1 amide bonds. The number of nitrogens with one attached hydrogen (secondary N) is 1. The molecule has 0 spiro atoms. The molecular formula is C21H14ClF4N3O6. The van der Waals surface area contributed by atoms with Crippen molar-refractivity contribution in [3.63, 3.8) is 0 Å². The van der Waals surface area contributed by atoms with E-state index in [9.17, 15) is 36.7 Å². The van der Waals surface area contributed by atoms with Gasteiger partial charge in [-0.2, -0.15) is 8.78 Å². The second-order valence-electron chi connectivity index (χ2n) is 7.11. The Morgan fingerprint density at radius 3 is 2.40 bits per heavy atom. The number of Topliss-reactive ketones (excluding diaryl/α,β-unsaturated/α-hetero) is 1. The molecule has 0 fully saturated rings. The first-order valence-corrected chi connectivity index (χ1v) is 10.00. The quantitative estimate of drug-likeness (QED) is 0.330. The molecule has 0 saturated heterocycles. The van der Waals surface area contributed by atoms with E-state index in [1.54, 1.807) is 0 Å². The van der Waals surface area contributed by atoms with Crippen LogP contribution in [0.5, 0.6) is 5.75 Å². The highest BCUT2D eigenvalue weighted by atomic mass is 35.5. The molecule has 2 aromatic carbocycles. The van der Waals surface area contributed by atoms with Crippen molar-refractivity contribution in [3.8, 4) is 5.75 Å². The molecule has 35 heavy (non-hydrogen) atoms. The fourth-order valence-corrected chi connectivity index (χ4v) is 3.15. The van der Waals surface area contributed by atoms with E-state index in [4.69, 9.17) is 16.7 Å². The lowest BCUT2D eigenvalue weighted by Crippen LogP contribution is -2.46. The van der Waals surface area contributed by atoms with Crippen LogP contribution in [0, 0.1) is 23.3 Å². The lowest BCUT2D eigenvalue weighted by molar-refractivity contribution is -0.140. The number of carbonyl (C=O) groups is 3. The number of carboxylic acid groups (broad SMARTS) is 1. The van der Waals surface area contributed by atoms with Crippen molar-refractivity contribution in [1.29, 1.82) is 0 Å². The van der Waals surface area contributed by atoms with Crippen LogP contribution in [0.15, 0.2) is 35.4 Å². The van der Waals surface area contributed by atoms with E-state index < -0.39 is 77.9 Å². The molecule has 0 aliphatic heterocycles. The predicted octanol–water partition coefficient (Wildman–Crippen LogP) is 2.21. The SMILES string of the molecule is O=C(O)C[C@H](NC(=O)Cn1cnc2ccc(Cl)cc2c1=O)C(=O)COc1c(F)c(F)cc(F)c1F. The van der Waals surface area contributed by atoms with Crippen LogP contribution in [-0.2, 0) is 20.9 Å². The Kier molecular flexibility index (Phi) is 7.69. The third-order valence-electron chi connectivity index (χ3n) is 4.63. The van der Waals surface area contributed by atoms with Crippen molar-refractivity contribution in [3.05, 3.63) is 69.2 Å². The van der Waals surface area contributed by atoms with Crippen LogP contribution in [0.1, 0.15) is 6.42 Å². The number of rotatable bonds is 9. The molecule has 0 saturated carbocycles. The Balaban J connectivity index is 1.74. The summed E-state index contributed by atoms with van der Waals surface area (Å²) in [6.45, 7) is -1.90. The summed E-state index contributed by atoms with van der Waals surface area (Å²) in [5.74, 6) is -12.6. The number of hydrogen-bond acceptors (Lipinski definition) is 6. The molecule has 0 radical (unpaired) electrons. The second kappa shape index (κ2) is 10.5. The number of benzene rings is 2. The Labute approximate surface area is 197 Å². The van der Waals surface area contributed by atoms with Crippen molar-refractivity contribution in [1.82, 2.24) is 14.9 Å². The summed E-state index contributed by atoms with van der Waals surface area (Å²) >= 11 is 5.86. The van der Waals surface area contributed by atoms with Crippen LogP contribution in [0.25, 0.3) is 10.9 Å². The number of nitrogens with zero attached hydrogens (tertiary/aromatic N) is 2. The molecule has 0 unspecified atom stereocenters. The van der Waals surface area contributed by atoms with Gasteiger partial charge in [-0.25, -0.2) is 13.8 Å². The molecule has 2 N–H and O–H groups in total. The fourth-order valence-electron chi connectivity index (χ4n) is 2.98. The maximum absolute atomic E-state index is 13.7. The summed E-state index contributed by atoms with van der Waals surface area (Å²) in [5.41, 5.74) is -0.337. The Morgan fingerprint density at radius 1 is 1.11 bits per heavy atom. The fraction of sp³-hybridized carbons (Fsp3) is 0.190. The third-order valence-corrected chi connectivity index (χ3v) is 4.87. The van der Waals surface area contributed by atoms with Crippen LogP contribution in [-0.4, -0.2) is 45.0 Å². The minimum Gasteiger partial charge on any atom is -0.481 e. The normalized spacial score (nSPS) is 11.8. The molecule has 3 rings (SSSR count). The topological polar surface area (TPSA) is 128 Å². The monoisotopic (exact) mass is 515 g/mol. The first-order valence-electron chi connectivity index (χ1n) is 9.62. The zero-order chi connectivity index (χ0) is 25.9. The van der Waals surface area contributed by atoms with Crippen molar-refractivity contribution in [2.75, 3.05) is 6.61 Å². The number of aromatic nitrogens is 2. The molecule has 1 heterocycles. The van der Waals surface area contributed by atoms with E-state index >= 15 is 0 Å². The van der Waals surface area contributed by atoms with Gasteiger partial charge >= 0.3 is 5.97 Å². The Hall–Kier alpha value is -4.00. The van der Waals surface area contributed by atoms with Gasteiger partial charge in [-0.1, -0.05) is 11.6 Å². The summed E-state index contributed by atoms with van der Waals surface area (Å²) in [6, 6.07) is 2.50. The van der Waals surface area contributed by atoms with E-state index in [1.807, 2.05) is 0 Å². The Morgan fingerprint density at radius 2 is 1.77 bits per heavy atom.